The molecule has 1 aliphatic carbocycles. The topological polar surface area (TPSA) is 35.5 Å². The van der Waals surface area contributed by atoms with E-state index in [1.54, 1.807) is 0 Å². The molecule has 1 unspecified atom stereocenters. The number of fused-ring (bicyclic) bond motifs is 1. The van der Waals surface area contributed by atoms with Gasteiger partial charge in [-0.2, -0.15) is 0 Å². The summed E-state index contributed by atoms with van der Waals surface area (Å²) in [5.74, 6) is 0.374. The predicted molar refractivity (Wildman–Crippen MR) is 72.1 cm³/mol. The molecule has 1 fully saturated rings. The van der Waals surface area contributed by atoms with E-state index in [1.165, 1.54) is 11.1 Å². The highest BCUT2D eigenvalue weighted by atomic mass is 16.5. The van der Waals surface area contributed by atoms with Gasteiger partial charge in [0.2, 0.25) is 0 Å². The fourth-order valence-corrected chi connectivity index (χ4v) is 2.92. The van der Waals surface area contributed by atoms with Gasteiger partial charge in [0.15, 0.2) is 0 Å². The third-order valence-electron chi connectivity index (χ3n) is 4.07. The van der Waals surface area contributed by atoms with Gasteiger partial charge in [-0.1, -0.05) is 24.3 Å². The highest BCUT2D eigenvalue weighted by molar-refractivity contribution is 5.79. The second-order valence-corrected chi connectivity index (χ2v) is 5.38. The second kappa shape index (κ2) is 5.85. The van der Waals surface area contributed by atoms with E-state index >= 15 is 0 Å². The maximum absolute atomic E-state index is 11.2. The van der Waals surface area contributed by atoms with Crippen LogP contribution in [0.4, 0.5) is 0 Å². The van der Waals surface area contributed by atoms with Crippen molar-refractivity contribution in [2.24, 2.45) is 0 Å². The van der Waals surface area contributed by atoms with E-state index in [0.717, 1.165) is 25.9 Å². The molecule has 102 valence electrons. The van der Waals surface area contributed by atoms with E-state index in [0.29, 0.717) is 25.2 Å². The molecule has 1 aromatic carbocycles. The van der Waals surface area contributed by atoms with Crippen LogP contribution >= 0.6 is 0 Å². The Morgan fingerprint density at radius 1 is 1.16 bits per heavy atom. The SMILES string of the molecule is O=C1CCC(OCC2OCCc3ccccc32)CC1. The van der Waals surface area contributed by atoms with Crippen LogP contribution in [0, 0.1) is 0 Å². The highest BCUT2D eigenvalue weighted by Crippen LogP contribution is 2.28. The molecule has 0 aromatic heterocycles. The minimum absolute atomic E-state index is 0.0579. The summed E-state index contributed by atoms with van der Waals surface area (Å²) >= 11 is 0. The molecule has 1 heterocycles. The fourth-order valence-electron chi connectivity index (χ4n) is 2.92. The van der Waals surface area contributed by atoms with Crippen molar-refractivity contribution >= 4 is 5.78 Å². The summed E-state index contributed by atoms with van der Waals surface area (Å²) in [6.45, 7) is 1.38. The maximum Gasteiger partial charge on any atom is 0.133 e. The Bertz CT molecular complexity index is 445. The standard InChI is InChI=1S/C16H20O3/c17-13-5-7-14(8-6-13)19-11-16-15-4-2-1-3-12(15)9-10-18-16/h1-4,14,16H,5-11H2. The average Bonchev–Trinajstić information content (AvgIpc) is 2.47. The molecule has 0 amide bonds. The number of hydrogen-bond acceptors (Lipinski definition) is 3. The van der Waals surface area contributed by atoms with Crippen molar-refractivity contribution in [1.29, 1.82) is 0 Å². The van der Waals surface area contributed by atoms with Crippen molar-refractivity contribution in [2.75, 3.05) is 13.2 Å². The lowest BCUT2D eigenvalue weighted by Gasteiger charge is -2.28. The van der Waals surface area contributed by atoms with Crippen molar-refractivity contribution in [3.63, 3.8) is 0 Å². The molecule has 0 N–H and O–H groups in total. The maximum atomic E-state index is 11.2. The van der Waals surface area contributed by atoms with E-state index in [9.17, 15) is 4.79 Å². The quantitative estimate of drug-likeness (QED) is 0.838. The first-order chi connectivity index (χ1) is 9.33. The van der Waals surface area contributed by atoms with Crippen LogP contribution in [0.15, 0.2) is 24.3 Å². The number of hydrogen-bond donors (Lipinski definition) is 0. The smallest absolute Gasteiger partial charge is 0.133 e. The normalized spacial score (nSPS) is 24.2. The van der Waals surface area contributed by atoms with Crippen LogP contribution in [-0.4, -0.2) is 25.1 Å². The zero-order valence-corrected chi connectivity index (χ0v) is 11.1. The largest absolute Gasteiger partial charge is 0.375 e. The molecule has 1 aliphatic heterocycles. The van der Waals surface area contributed by atoms with Gasteiger partial charge in [0.1, 0.15) is 11.9 Å². The molecule has 0 saturated heterocycles. The zero-order valence-electron chi connectivity index (χ0n) is 11.1. The van der Waals surface area contributed by atoms with E-state index in [1.807, 2.05) is 0 Å². The second-order valence-electron chi connectivity index (χ2n) is 5.38. The summed E-state index contributed by atoms with van der Waals surface area (Å²) in [6, 6.07) is 8.44. The molecular weight excluding hydrogens is 240 g/mol. The molecule has 1 aromatic rings. The zero-order chi connectivity index (χ0) is 13.1. The van der Waals surface area contributed by atoms with Crippen LogP contribution in [0.25, 0.3) is 0 Å². The molecule has 0 bridgehead atoms. The summed E-state index contributed by atoms with van der Waals surface area (Å²) in [5.41, 5.74) is 2.64. The summed E-state index contributed by atoms with van der Waals surface area (Å²) in [6.07, 6.45) is 4.36. The van der Waals surface area contributed by atoms with Crippen LogP contribution in [-0.2, 0) is 20.7 Å². The monoisotopic (exact) mass is 260 g/mol. The number of ketones is 1. The number of benzene rings is 1. The minimum atomic E-state index is 0.0579. The van der Waals surface area contributed by atoms with Crippen LogP contribution < -0.4 is 0 Å². The van der Waals surface area contributed by atoms with Gasteiger partial charge in [-0.25, -0.2) is 0 Å². The van der Waals surface area contributed by atoms with Gasteiger partial charge in [-0.05, 0) is 30.4 Å². The van der Waals surface area contributed by atoms with Gasteiger partial charge in [-0.3, -0.25) is 4.79 Å². The molecule has 3 heteroatoms. The molecule has 0 radical (unpaired) electrons. The van der Waals surface area contributed by atoms with Crippen molar-refractivity contribution in [1.82, 2.24) is 0 Å². The summed E-state index contributed by atoms with van der Waals surface area (Å²) in [4.78, 5) is 11.2. The Hall–Kier alpha value is -1.19. The Morgan fingerprint density at radius 2 is 1.95 bits per heavy atom. The van der Waals surface area contributed by atoms with E-state index < -0.39 is 0 Å². The number of ether oxygens (including phenoxy) is 2. The van der Waals surface area contributed by atoms with Crippen molar-refractivity contribution in [3.05, 3.63) is 35.4 Å². The summed E-state index contributed by atoms with van der Waals surface area (Å²) in [7, 11) is 0. The summed E-state index contributed by atoms with van der Waals surface area (Å²) < 4.78 is 11.8. The lowest BCUT2D eigenvalue weighted by molar-refractivity contribution is -0.124. The van der Waals surface area contributed by atoms with Crippen LogP contribution in [0.2, 0.25) is 0 Å². The third kappa shape index (κ3) is 3.04. The van der Waals surface area contributed by atoms with Crippen molar-refractivity contribution < 1.29 is 14.3 Å². The number of carbonyl (C=O) groups excluding carboxylic acids is 1. The van der Waals surface area contributed by atoms with Crippen molar-refractivity contribution in [2.45, 2.75) is 44.3 Å². The third-order valence-corrected chi connectivity index (χ3v) is 4.07. The van der Waals surface area contributed by atoms with E-state index in [2.05, 4.69) is 24.3 Å². The molecule has 2 aliphatic rings. The van der Waals surface area contributed by atoms with Gasteiger partial charge in [0.25, 0.3) is 0 Å². The first-order valence-electron chi connectivity index (χ1n) is 7.15. The van der Waals surface area contributed by atoms with Crippen LogP contribution in [0.5, 0.6) is 0 Å². The van der Waals surface area contributed by atoms with E-state index in [4.69, 9.17) is 9.47 Å². The number of carbonyl (C=O) groups is 1. The molecule has 1 atom stereocenters. The Labute approximate surface area is 113 Å². The first kappa shape index (κ1) is 12.8. The highest BCUT2D eigenvalue weighted by Gasteiger charge is 2.24. The fraction of sp³-hybridized carbons (Fsp3) is 0.562. The Kier molecular flexibility index (Phi) is 3.95. The summed E-state index contributed by atoms with van der Waals surface area (Å²) in [5, 5.41) is 0. The predicted octanol–water partition coefficient (Wildman–Crippen LogP) is 2.83. The van der Waals surface area contributed by atoms with Gasteiger partial charge in [-0.15, -0.1) is 0 Å². The van der Waals surface area contributed by atoms with Gasteiger partial charge < -0.3 is 9.47 Å². The first-order valence-corrected chi connectivity index (χ1v) is 7.15. The Balaban J connectivity index is 1.58. The van der Waals surface area contributed by atoms with Gasteiger partial charge >= 0.3 is 0 Å². The van der Waals surface area contributed by atoms with Gasteiger partial charge in [0.05, 0.1) is 19.3 Å². The molecule has 0 spiro atoms. The average molecular weight is 260 g/mol. The molecule has 3 rings (SSSR count). The van der Waals surface area contributed by atoms with Crippen LogP contribution in [0.1, 0.15) is 42.9 Å². The lowest BCUT2D eigenvalue weighted by Crippen LogP contribution is -2.26. The number of Topliss-reactive ketones (excluding diaryl/α,β-unsaturated/α-hetero) is 1. The number of rotatable bonds is 3. The van der Waals surface area contributed by atoms with Crippen LogP contribution in [0.3, 0.4) is 0 Å². The molecular formula is C16H20O3. The molecule has 1 saturated carbocycles. The molecule has 19 heavy (non-hydrogen) atoms. The van der Waals surface area contributed by atoms with Gasteiger partial charge in [0, 0.05) is 12.8 Å². The molecule has 3 nitrogen and oxygen atoms in total. The van der Waals surface area contributed by atoms with Crippen molar-refractivity contribution in [3.8, 4) is 0 Å². The van der Waals surface area contributed by atoms with E-state index in [-0.39, 0.29) is 12.2 Å². The Morgan fingerprint density at radius 3 is 2.79 bits per heavy atom. The minimum Gasteiger partial charge on any atom is -0.375 e. The lowest BCUT2D eigenvalue weighted by atomic mass is 9.96.